The number of nitrogens with zero attached hydrogens (tertiary/aromatic N) is 2. The van der Waals surface area contributed by atoms with Crippen LogP contribution in [0.15, 0.2) is 36.7 Å². The third-order valence-electron chi connectivity index (χ3n) is 3.31. The Morgan fingerprint density at radius 2 is 2.16 bits per heavy atom. The van der Waals surface area contributed by atoms with E-state index < -0.39 is 0 Å². The molecule has 3 nitrogen and oxygen atoms in total. The summed E-state index contributed by atoms with van der Waals surface area (Å²) in [6, 6.07) is 8.41. The van der Waals surface area contributed by atoms with Crippen molar-refractivity contribution in [3.63, 3.8) is 0 Å². The summed E-state index contributed by atoms with van der Waals surface area (Å²) in [7, 11) is 1.76. The van der Waals surface area contributed by atoms with Gasteiger partial charge in [0.25, 0.3) is 0 Å². The molecule has 1 aromatic carbocycles. The molecular formula is C15H19IN2O. The molecule has 0 saturated carbocycles. The van der Waals surface area contributed by atoms with Gasteiger partial charge in [-0.2, -0.15) is 0 Å². The van der Waals surface area contributed by atoms with Crippen LogP contribution in [0.4, 0.5) is 0 Å². The fourth-order valence-electron chi connectivity index (χ4n) is 1.87. The molecule has 0 N–H and O–H groups in total. The Kier molecular flexibility index (Phi) is 4.62. The van der Waals surface area contributed by atoms with E-state index in [1.165, 1.54) is 3.57 Å². The van der Waals surface area contributed by atoms with Crippen molar-refractivity contribution in [2.45, 2.75) is 32.4 Å². The van der Waals surface area contributed by atoms with Crippen molar-refractivity contribution in [3.8, 4) is 11.4 Å². The van der Waals surface area contributed by atoms with E-state index in [4.69, 9.17) is 4.74 Å². The van der Waals surface area contributed by atoms with Gasteiger partial charge >= 0.3 is 0 Å². The van der Waals surface area contributed by atoms with Gasteiger partial charge in [0.05, 0.1) is 5.60 Å². The van der Waals surface area contributed by atoms with Crippen LogP contribution < -0.4 is 0 Å². The van der Waals surface area contributed by atoms with Crippen molar-refractivity contribution < 1.29 is 4.74 Å². The molecule has 0 fully saturated rings. The topological polar surface area (TPSA) is 27.1 Å². The highest BCUT2D eigenvalue weighted by molar-refractivity contribution is 14.1. The molecule has 0 aliphatic carbocycles. The Bertz CT molecular complexity index is 549. The SMILES string of the molecule is COC(C)(C)CCn1ccnc1-c1cccc(I)c1. The first-order valence-corrected chi connectivity index (χ1v) is 7.42. The number of hydrogen-bond donors (Lipinski definition) is 0. The molecule has 0 atom stereocenters. The maximum atomic E-state index is 5.47. The Balaban J connectivity index is 2.19. The average Bonchev–Trinajstić information content (AvgIpc) is 2.85. The number of hydrogen-bond acceptors (Lipinski definition) is 2. The molecule has 102 valence electrons. The van der Waals surface area contributed by atoms with E-state index >= 15 is 0 Å². The highest BCUT2D eigenvalue weighted by Crippen LogP contribution is 2.22. The quantitative estimate of drug-likeness (QED) is 0.745. The lowest BCUT2D eigenvalue weighted by Gasteiger charge is -2.23. The predicted molar refractivity (Wildman–Crippen MR) is 86.1 cm³/mol. The fourth-order valence-corrected chi connectivity index (χ4v) is 2.41. The van der Waals surface area contributed by atoms with E-state index in [1.807, 2.05) is 12.4 Å². The van der Waals surface area contributed by atoms with Crippen LogP contribution in [-0.2, 0) is 11.3 Å². The second kappa shape index (κ2) is 6.05. The molecular weight excluding hydrogens is 351 g/mol. The molecule has 1 aromatic heterocycles. The van der Waals surface area contributed by atoms with E-state index in [2.05, 4.69) is 70.3 Å². The number of aromatic nitrogens is 2. The molecule has 4 heteroatoms. The molecule has 0 aliphatic heterocycles. The Morgan fingerprint density at radius 3 is 2.84 bits per heavy atom. The van der Waals surface area contributed by atoms with Gasteiger partial charge in [-0.25, -0.2) is 4.98 Å². The van der Waals surface area contributed by atoms with Crippen LogP contribution in [0.5, 0.6) is 0 Å². The summed E-state index contributed by atoms with van der Waals surface area (Å²) in [5.41, 5.74) is 1.05. The monoisotopic (exact) mass is 370 g/mol. The number of methoxy groups -OCH3 is 1. The summed E-state index contributed by atoms with van der Waals surface area (Å²) in [6.07, 6.45) is 4.84. The first kappa shape index (κ1) is 14.5. The largest absolute Gasteiger partial charge is 0.379 e. The average molecular weight is 370 g/mol. The van der Waals surface area contributed by atoms with E-state index in [-0.39, 0.29) is 5.60 Å². The summed E-state index contributed by atoms with van der Waals surface area (Å²) >= 11 is 2.33. The molecule has 2 aromatic rings. The maximum Gasteiger partial charge on any atom is 0.139 e. The first-order chi connectivity index (χ1) is 9.02. The lowest BCUT2D eigenvalue weighted by Crippen LogP contribution is -2.24. The van der Waals surface area contributed by atoms with Crippen molar-refractivity contribution in [2.75, 3.05) is 7.11 Å². The zero-order valence-electron chi connectivity index (χ0n) is 11.6. The second-order valence-corrected chi connectivity index (χ2v) is 6.41. The van der Waals surface area contributed by atoms with Crippen LogP contribution >= 0.6 is 22.6 Å². The summed E-state index contributed by atoms with van der Waals surface area (Å²) in [6.45, 7) is 5.12. The van der Waals surface area contributed by atoms with Gasteiger partial charge in [-0.05, 0) is 55.0 Å². The molecule has 0 saturated heterocycles. The smallest absolute Gasteiger partial charge is 0.139 e. The fraction of sp³-hybridized carbons (Fsp3) is 0.400. The number of rotatable bonds is 5. The van der Waals surface area contributed by atoms with Gasteiger partial charge < -0.3 is 9.30 Å². The summed E-state index contributed by atoms with van der Waals surface area (Å²) in [5.74, 6) is 1.02. The minimum absolute atomic E-state index is 0.105. The van der Waals surface area contributed by atoms with Crippen LogP contribution in [-0.4, -0.2) is 22.3 Å². The van der Waals surface area contributed by atoms with Gasteiger partial charge in [0, 0.05) is 35.2 Å². The van der Waals surface area contributed by atoms with Gasteiger partial charge in [-0.15, -0.1) is 0 Å². The van der Waals surface area contributed by atoms with Crippen molar-refractivity contribution >= 4 is 22.6 Å². The summed E-state index contributed by atoms with van der Waals surface area (Å²) < 4.78 is 8.88. The van der Waals surface area contributed by atoms with Crippen molar-refractivity contribution in [1.29, 1.82) is 0 Å². The molecule has 0 unspecified atom stereocenters. The number of ether oxygens (including phenoxy) is 1. The molecule has 0 radical (unpaired) electrons. The van der Waals surface area contributed by atoms with Gasteiger partial charge in [-0.3, -0.25) is 0 Å². The Labute approximate surface area is 128 Å². The third kappa shape index (κ3) is 3.79. The number of halogens is 1. The zero-order chi connectivity index (χ0) is 13.9. The van der Waals surface area contributed by atoms with E-state index in [0.717, 1.165) is 24.4 Å². The molecule has 1 heterocycles. The first-order valence-electron chi connectivity index (χ1n) is 6.34. The Hall–Kier alpha value is -0.880. The van der Waals surface area contributed by atoms with Gasteiger partial charge in [0.15, 0.2) is 0 Å². The normalized spacial score (nSPS) is 11.8. The second-order valence-electron chi connectivity index (χ2n) is 5.17. The molecule has 19 heavy (non-hydrogen) atoms. The Morgan fingerprint density at radius 1 is 1.37 bits per heavy atom. The zero-order valence-corrected chi connectivity index (χ0v) is 13.7. The van der Waals surface area contributed by atoms with Crippen LogP contribution in [0, 0.1) is 3.57 Å². The minimum Gasteiger partial charge on any atom is -0.379 e. The summed E-state index contributed by atoms with van der Waals surface area (Å²) in [4.78, 5) is 4.47. The lowest BCUT2D eigenvalue weighted by molar-refractivity contribution is 0.0121. The van der Waals surface area contributed by atoms with Gasteiger partial charge in [-0.1, -0.05) is 12.1 Å². The number of aryl methyl sites for hydroxylation is 1. The number of benzene rings is 1. The van der Waals surface area contributed by atoms with E-state index in [0.29, 0.717) is 0 Å². The number of imidazole rings is 1. The van der Waals surface area contributed by atoms with Crippen LogP contribution in [0.1, 0.15) is 20.3 Å². The lowest BCUT2D eigenvalue weighted by atomic mass is 10.1. The maximum absolute atomic E-state index is 5.47. The molecule has 0 aliphatic rings. The minimum atomic E-state index is -0.105. The van der Waals surface area contributed by atoms with Crippen molar-refractivity contribution in [2.24, 2.45) is 0 Å². The van der Waals surface area contributed by atoms with Crippen LogP contribution in [0.3, 0.4) is 0 Å². The highest BCUT2D eigenvalue weighted by Gasteiger charge is 2.17. The van der Waals surface area contributed by atoms with Crippen LogP contribution in [0.25, 0.3) is 11.4 Å². The molecule has 2 rings (SSSR count). The molecule has 0 spiro atoms. The van der Waals surface area contributed by atoms with Crippen LogP contribution in [0.2, 0.25) is 0 Å². The van der Waals surface area contributed by atoms with E-state index in [9.17, 15) is 0 Å². The van der Waals surface area contributed by atoms with Crippen molar-refractivity contribution in [1.82, 2.24) is 9.55 Å². The molecule has 0 bridgehead atoms. The van der Waals surface area contributed by atoms with E-state index in [1.54, 1.807) is 7.11 Å². The highest BCUT2D eigenvalue weighted by atomic mass is 127. The van der Waals surface area contributed by atoms with Gasteiger partial charge in [0.2, 0.25) is 0 Å². The molecule has 0 amide bonds. The third-order valence-corrected chi connectivity index (χ3v) is 3.98. The predicted octanol–water partition coefficient (Wildman–Crippen LogP) is 3.97. The van der Waals surface area contributed by atoms with Gasteiger partial charge in [0.1, 0.15) is 5.82 Å². The van der Waals surface area contributed by atoms with Crippen molar-refractivity contribution in [3.05, 3.63) is 40.2 Å². The summed E-state index contributed by atoms with van der Waals surface area (Å²) in [5, 5.41) is 0. The standard InChI is InChI=1S/C15H19IN2O/c1-15(2,19-3)7-9-18-10-8-17-14(18)12-5-4-6-13(16)11-12/h4-6,8,10-11H,7,9H2,1-3H3.